The van der Waals surface area contributed by atoms with Gasteiger partial charge in [-0.3, -0.25) is 4.79 Å². The van der Waals surface area contributed by atoms with Gasteiger partial charge in [0.05, 0.1) is 38.6 Å². The molecule has 0 saturated carbocycles. The van der Waals surface area contributed by atoms with Gasteiger partial charge in [-0.1, -0.05) is 32.1 Å². The van der Waals surface area contributed by atoms with Gasteiger partial charge >= 0.3 is 0 Å². The van der Waals surface area contributed by atoms with Crippen LogP contribution in [-0.4, -0.2) is 114 Å². The molecule has 0 aliphatic rings. The quantitative estimate of drug-likeness (QED) is 0.0446. The fourth-order valence-corrected chi connectivity index (χ4v) is 3.74. The van der Waals surface area contributed by atoms with E-state index in [1.165, 1.54) is 6.92 Å². The third-order valence-electron chi connectivity index (χ3n) is 6.16. The first kappa shape index (κ1) is 37.8. The predicted molar refractivity (Wildman–Crippen MR) is 144 cm³/mol. The van der Waals surface area contributed by atoms with Crippen molar-refractivity contribution in [1.82, 2.24) is 5.32 Å². The van der Waals surface area contributed by atoms with Crippen molar-refractivity contribution < 1.29 is 54.1 Å². The topological polar surface area (TPSA) is 184 Å². The Bertz CT molecular complexity index is 582. The van der Waals surface area contributed by atoms with Gasteiger partial charge in [0.15, 0.2) is 12.6 Å². The lowest BCUT2D eigenvalue weighted by Crippen LogP contribution is -2.43. The maximum atomic E-state index is 11.8. The van der Waals surface area contributed by atoms with Gasteiger partial charge in [0.1, 0.15) is 18.5 Å². The number of aliphatic hydroxyl groups excluding tert-OH is 5. The summed E-state index contributed by atoms with van der Waals surface area (Å²) in [6, 6.07) is 0. The van der Waals surface area contributed by atoms with E-state index in [2.05, 4.69) is 5.32 Å². The van der Waals surface area contributed by atoms with E-state index < -0.39 is 63.4 Å². The van der Waals surface area contributed by atoms with E-state index in [-0.39, 0.29) is 5.91 Å². The zero-order chi connectivity index (χ0) is 29.3. The molecule has 0 radical (unpaired) electrons. The number of amides is 1. The van der Waals surface area contributed by atoms with Crippen molar-refractivity contribution in [1.29, 1.82) is 0 Å². The molecule has 39 heavy (non-hydrogen) atoms. The Hall–Kier alpha value is -1.22. The molecule has 6 N–H and O–H groups in total. The molecule has 0 bridgehead atoms. The van der Waals surface area contributed by atoms with Gasteiger partial charge < -0.3 is 54.6 Å². The molecule has 6 atom stereocenters. The molecule has 0 aliphatic heterocycles. The summed E-state index contributed by atoms with van der Waals surface area (Å²) in [6.07, 6.45) is 4.59. The zero-order valence-electron chi connectivity index (χ0n) is 23.7. The van der Waals surface area contributed by atoms with Crippen molar-refractivity contribution in [3.05, 3.63) is 0 Å². The summed E-state index contributed by atoms with van der Waals surface area (Å²) < 4.78 is 22.2. The predicted octanol–water partition coefficient (Wildman–Crippen LogP) is 0.787. The Kier molecular flexibility index (Phi) is 24.9. The molecule has 12 heteroatoms. The van der Waals surface area contributed by atoms with Crippen molar-refractivity contribution in [2.75, 3.05) is 39.6 Å². The largest absolute Gasteiger partial charge is 0.394 e. The second-order valence-corrected chi connectivity index (χ2v) is 9.63. The minimum atomic E-state index is -1.16. The zero-order valence-corrected chi connectivity index (χ0v) is 23.7. The van der Waals surface area contributed by atoms with Gasteiger partial charge in [-0.25, -0.2) is 0 Å². The van der Waals surface area contributed by atoms with Crippen LogP contribution in [0.15, 0.2) is 0 Å². The Morgan fingerprint density at radius 2 is 1.33 bits per heavy atom. The highest BCUT2D eigenvalue weighted by Gasteiger charge is 2.27. The van der Waals surface area contributed by atoms with Crippen LogP contribution in [0.2, 0.25) is 0 Å². The van der Waals surface area contributed by atoms with Crippen molar-refractivity contribution in [2.24, 2.45) is 0 Å². The SMILES string of the molecule is CC(O)C(CO)OC(CO)OC(C)C(CO)OC(CO)OCCCCCCCCC(=O)NCCCCCC=O. The summed E-state index contributed by atoms with van der Waals surface area (Å²) in [7, 11) is 0. The molecule has 0 rings (SSSR count). The summed E-state index contributed by atoms with van der Waals surface area (Å²) >= 11 is 0. The molecular weight excluding hydrogens is 514 g/mol. The molecule has 0 aliphatic carbocycles. The van der Waals surface area contributed by atoms with Crippen molar-refractivity contribution in [3.8, 4) is 0 Å². The molecule has 6 unspecified atom stereocenters. The Labute approximate surface area is 233 Å². The normalized spacial score (nSPS) is 16.3. The van der Waals surface area contributed by atoms with Crippen LogP contribution in [0.3, 0.4) is 0 Å². The monoisotopic (exact) mass is 567 g/mol. The number of carbonyl (C=O) groups excluding carboxylic acids is 2. The summed E-state index contributed by atoms with van der Waals surface area (Å²) in [5.41, 5.74) is 0. The number of hydrogen-bond donors (Lipinski definition) is 6. The third kappa shape index (κ3) is 20.3. The van der Waals surface area contributed by atoms with Crippen LogP contribution in [0.4, 0.5) is 0 Å². The first-order valence-corrected chi connectivity index (χ1v) is 14.2. The van der Waals surface area contributed by atoms with E-state index in [1.807, 2.05) is 0 Å². The minimum Gasteiger partial charge on any atom is -0.394 e. The fraction of sp³-hybridized carbons (Fsp3) is 0.926. The van der Waals surface area contributed by atoms with E-state index in [0.717, 1.165) is 64.1 Å². The van der Waals surface area contributed by atoms with E-state index in [4.69, 9.17) is 18.9 Å². The number of rotatable bonds is 28. The first-order valence-electron chi connectivity index (χ1n) is 14.2. The Morgan fingerprint density at radius 1 is 0.744 bits per heavy atom. The standard InChI is InChI=1S/C27H53NO11/c1-21(34)23(17-30)38-27(20-33)37-22(2)24(18-31)39-26(19-32)36-16-12-8-4-3-5-9-13-25(35)28-14-10-6-7-11-15-29/h15,21-24,26-27,30-34H,3-14,16-20H2,1-2H3,(H,28,35). The van der Waals surface area contributed by atoms with Crippen molar-refractivity contribution >= 4 is 12.2 Å². The summed E-state index contributed by atoms with van der Waals surface area (Å²) in [6.45, 7) is 2.21. The van der Waals surface area contributed by atoms with Gasteiger partial charge in [-0.15, -0.1) is 0 Å². The maximum Gasteiger partial charge on any atom is 0.219 e. The molecule has 0 aromatic carbocycles. The number of hydrogen-bond acceptors (Lipinski definition) is 11. The number of ether oxygens (including phenoxy) is 4. The molecule has 0 heterocycles. The molecule has 0 fully saturated rings. The highest BCUT2D eigenvalue weighted by molar-refractivity contribution is 5.75. The second-order valence-electron chi connectivity index (χ2n) is 9.63. The highest BCUT2D eigenvalue weighted by Crippen LogP contribution is 2.14. The molecule has 232 valence electrons. The lowest BCUT2D eigenvalue weighted by molar-refractivity contribution is -0.265. The van der Waals surface area contributed by atoms with Crippen LogP contribution >= 0.6 is 0 Å². The van der Waals surface area contributed by atoms with Gasteiger partial charge in [0.2, 0.25) is 5.91 Å². The van der Waals surface area contributed by atoms with Gasteiger partial charge in [-0.2, -0.15) is 0 Å². The third-order valence-corrected chi connectivity index (χ3v) is 6.16. The molecule has 0 aromatic heterocycles. The number of nitrogens with one attached hydrogen (secondary N) is 1. The second kappa shape index (κ2) is 25.7. The van der Waals surface area contributed by atoms with Crippen LogP contribution in [-0.2, 0) is 28.5 Å². The van der Waals surface area contributed by atoms with Crippen molar-refractivity contribution in [3.63, 3.8) is 0 Å². The molecule has 1 amide bonds. The Balaban J connectivity index is 4.04. The lowest BCUT2D eigenvalue weighted by atomic mass is 10.1. The van der Waals surface area contributed by atoms with Crippen LogP contribution < -0.4 is 5.32 Å². The first-order chi connectivity index (χ1) is 18.8. The lowest BCUT2D eigenvalue weighted by Gasteiger charge is -2.31. The van der Waals surface area contributed by atoms with E-state index in [0.29, 0.717) is 26.0 Å². The van der Waals surface area contributed by atoms with E-state index in [9.17, 15) is 35.1 Å². The fourth-order valence-electron chi connectivity index (χ4n) is 3.74. The van der Waals surface area contributed by atoms with Gasteiger partial charge in [-0.05, 0) is 39.5 Å². The van der Waals surface area contributed by atoms with Crippen LogP contribution in [0.25, 0.3) is 0 Å². The number of carbonyl (C=O) groups is 2. The Morgan fingerprint density at radius 3 is 1.92 bits per heavy atom. The summed E-state index contributed by atoms with van der Waals surface area (Å²) in [5, 5.41) is 50.6. The average Bonchev–Trinajstić information content (AvgIpc) is 2.93. The molecule has 12 nitrogen and oxygen atoms in total. The van der Waals surface area contributed by atoms with Gasteiger partial charge in [0, 0.05) is 26.0 Å². The summed E-state index contributed by atoms with van der Waals surface area (Å²) in [4.78, 5) is 22.1. The van der Waals surface area contributed by atoms with Crippen LogP contribution in [0.5, 0.6) is 0 Å². The molecular formula is C27H53NO11. The van der Waals surface area contributed by atoms with Crippen molar-refractivity contribution in [2.45, 2.75) is 121 Å². The average molecular weight is 568 g/mol. The van der Waals surface area contributed by atoms with Gasteiger partial charge in [0.25, 0.3) is 0 Å². The number of unbranched alkanes of at least 4 members (excludes halogenated alkanes) is 8. The van der Waals surface area contributed by atoms with E-state index in [1.54, 1.807) is 6.92 Å². The van der Waals surface area contributed by atoms with Crippen LogP contribution in [0.1, 0.15) is 84.5 Å². The van der Waals surface area contributed by atoms with E-state index >= 15 is 0 Å². The summed E-state index contributed by atoms with van der Waals surface area (Å²) in [5.74, 6) is 0.0725. The number of aliphatic hydroxyl groups is 5. The molecule has 0 saturated heterocycles. The smallest absolute Gasteiger partial charge is 0.219 e. The molecule has 0 aromatic rings. The van der Waals surface area contributed by atoms with Crippen LogP contribution in [0, 0.1) is 0 Å². The number of aldehydes is 1. The molecule has 0 spiro atoms. The minimum absolute atomic E-state index is 0.0725. The highest BCUT2D eigenvalue weighted by atomic mass is 16.7. The maximum absolute atomic E-state index is 11.8.